The molecule has 2 aromatic rings. The molecule has 1 heterocycles. The van der Waals surface area contributed by atoms with Gasteiger partial charge < -0.3 is 5.32 Å². The van der Waals surface area contributed by atoms with Crippen molar-refractivity contribution in [1.29, 1.82) is 0 Å². The molecule has 0 aliphatic carbocycles. The first kappa shape index (κ1) is 13.4. The number of thiophene rings is 1. The van der Waals surface area contributed by atoms with E-state index in [-0.39, 0.29) is 5.41 Å². The second kappa shape index (κ2) is 5.33. The maximum Gasteiger partial charge on any atom is 0.0931 e. The van der Waals surface area contributed by atoms with Gasteiger partial charge in [0.1, 0.15) is 0 Å². The Bertz CT molecular complexity index is 525. The first-order valence-corrected chi connectivity index (χ1v) is 7.24. The molecule has 0 amide bonds. The summed E-state index contributed by atoms with van der Waals surface area (Å²) in [4.78, 5) is 1.25. The van der Waals surface area contributed by atoms with Crippen LogP contribution in [0.1, 0.15) is 31.2 Å². The van der Waals surface area contributed by atoms with Crippen LogP contribution in [-0.4, -0.2) is 0 Å². The fourth-order valence-corrected chi connectivity index (χ4v) is 2.95. The van der Waals surface area contributed by atoms with E-state index in [9.17, 15) is 0 Å². The molecule has 1 N–H and O–H groups in total. The van der Waals surface area contributed by atoms with Crippen molar-refractivity contribution < 1.29 is 0 Å². The van der Waals surface area contributed by atoms with Crippen molar-refractivity contribution in [3.05, 3.63) is 51.2 Å². The second-order valence-electron chi connectivity index (χ2n) is 5.35. The van der Waals surface area contributed by atoms with Crippen molar-refractivity contribution in [1.82, 2.24) is 0 Å². The minimum absolute atomic E-state index is 0.149. The first-order valence-electron chi connectivity index (χ1n) is 6.04. The molecular weight excluding hydrogens is 262 g/mol. The van der Waals surface area contributed by atoms with Gasteiger partial charge in [-0.15, -0.1) is 11.3 Å². The second-order valence-corrected chi connectivity index (χ2v) is 7.15. The molecule has 0 unspecified atom stereocenters. The molecule has 0 spiro atoms. The summed E-state index contributed by atoms with van der Waals surface area (Å²) in [5.41, 5.74) is 2.69. The van der Waals surface area contributed by atoms with Gasteiger partial charge in [0, 0.05) is 17.1 Å². The highest BCUT2D eigenvalue weighted by molar-refractivity contribution is 7.16. The Morgan fingerprint density at radius 1 is 1.11 bits per heavy atom. The van der Waals surface area contributed by atoms with Gasteiger partial charge >= 0.3 is 0 Å². The van der Waals surface area contributed by atoms with Gasteiger partial charge in [0.05, 0.1) is 4.34 Å². The van der Waals surface area contributed by atoms with Crippen LogP contribution < -0.4 is 5.32 Å². The van der Waals surface area contributed by atoms with E-state index in [1.54, 1.807) is 11.3 Å². The molecule has 0 bridgehead atoms. The lowest BCUT2D eigenvalue weighted by molar-refractivity contribution is 0.591. The van der Waals surface area contributed by atoms with Crippen molar-refractivity contribution in [3.8, 4) is 0 Å². The molecule has 1 aromatic heterocycles. The van der Waals surface area contributed by atoms with E-state index in [4.69, 9.17) is 11.6 Å². The number of nitrogens with one attached hydrogen (secondary N) is 1. The van der Waals surface area contributed by atoms with Gasteiger partial charge in [-0.2, -0.15) is 0 Å². The van der Waals surface area contributed by atoms with Crippen LogP contribution in [0.3, 0.4) is 0 Å². The first-order chi connectivity index (χ1) is 8.47. The topological polar surface area (TPSA) is 12.0 Å². The van der Waals surface area contributed by atoms with Crippen molar-refractivity contribution in [2.45, 2.75) is 32.7 Å². The molecule has 0 aliphatic heterocycles. The zero-order chi connectivity index (χ0) is 13.2. The minimum Gasteiger partial charge on any atom is -0.380 e. The molecule has 18 heavy (non-hydrogen) atoms. The third-order valence-corrected chi connectivity index (χ3v) is 4.05. The smallest absolute Gasteiger partial charge is 0.0931 e. The molecular formula is C15H18ClNS. The van der Waals surface area contributed by atoms with E-state index in [1.807, 2.05) is 6.07 Å². The van der Waals surface area contributed by atoms with Crippen LogP contribution in [0.5, 0.6) is 0 Å². The summed E-state index contributed by atoms with van der Waals surface area (Å²) in [6.07, 6.45) is 0. The van der Waals surface area contributed by atoms with Gasteiger partial charge in [0.2, 0.25) is 0 Å². The van der Waals surface area contributed by atoms with Gasteiger partial charge in [-0.1, -0.05) is 50.6 Å². The maximum atomic E-state index is 5.94. The zero-order valence-electron chi connectivity index (χ0n) is 11.0. The molecule has 96 valence electrons. The Morgan fingerprint density at radius 2 is 1.83 bits per heavy atom. The highest BCUT2D eigenvalue weighted by atomic mass is 35.5. The van der Waals surface area contributed by atoms with Crippen LogP contribution in [0.4, 0.5) is 5.69 Å². The number of benzene rings is 1. The zero-order valence-corrected chi connectivity index (χ0v) is 12.5. The van der Waals surface area contributed by atoms with E-state index in [2.05, 4.69) is 56.4 Å². The molecule has 0 aliphatic rings. The Kier molecular flexibility index (Phi) is 3.98. The standard InChI is InChI=1S/C15H18ClNS/c1-15(2,3)12-6-4-5-7-13(12)17-10-11-8-9-14(16)18-11/h4-9,17H,10H2,1-3H3. The predicted molar refractivity (Wildman–Crippen MR) is 81.8 cm³/mol. The summed E-state index contributed by atoms with van der Waals surface area (Å²) in [6, 6.07) is 12.5. The van der Waals surface area contributed by atoms with Crippen LogP contribution in [0, 0.1) is 0 Å². The normalized spacial score (nSPS) is 11.6. The van der Waals surface area contributed by atoms with Gasteiger partial charge in [-0.3, -0.25) is 0 Å². The Balaban J connectivity index is 2.14. The fraction of sp³-hybridized carbons (Fsp3) is 0.333. The van der Waals surface area contributed by atoms with Crippen LogP contribution in [0.25, 0.3) is 0 Å². The van der Waals surface area contributed by atoms with E-state index >= 15 is 0 Å². The minimum atomic E-state index is 0.149. The van der Waals surface area contributed by atoms with Crippen molar-refractivity contribution >= 4 is 28.6 Å². The van der Waals surface area contributed by atoms with Gasteiger partial charge in [-0.25, -0.2) is 0 Å². The van der Waals surface area contributed by atoms with Crippen LogP contribution in [0.15, 0.2) is 36.4 Å². The third kappa shape index (κ3) is 3.27. The Labute approximate surface area is 118 Å². The predicted octanol–water partition coefficient (Wildman–Crippen LogP) is 5.31. The van der Waals surface area contributed by atoms with Crippen molar-refractivity contribution in [2.24, 2.45) is 0 Å². The molecule has 0 atom stereocenters. The summed E-state index contributed by atoms with van der Waals surface area (Å²) in [7, 11) is 0. The largest absolute Gasteiger partial charge is 0.380 e. The number of halogens is 1. The molecule has 1 nitrogen and oxygen atoms in total. The number of rotatable bonds is 3. The van der Waals surface area contributed by atoms with Crippen molar-refractivity contribution in [2.75, 3.05) is 5.32 Å². The average molecular weight is 280 g/mol. The van der Waals surface area contributed by atoms with E-state index < -0.39 is 0 Å². The fourth-order valence-electron chi connectivity index (χ4n) is 1.92. The summed E-state index contributed by atoms with van der Waals surface area (Å²) in [6.45, 7) is 7.52. The van der Waals surface area contributed by atoms with E-state index in [0.717, 1.165) is 10.9 Å². The Hall–Kier alpha value is -0.990. The van der Waals surface area contributed by atoms with Crippen LogP contribution in [-0.2, 0) is 12.0 Å². The molecule has 0 radical (unpaired) electrons. The monoisotopic (exact) mass is 279 g/mol. The highest BCUT2D eigenvalue weighted by Crippen LogP contribution is 2.30. The quantitative estimate of drug-likeness (QED) is 0.803. The Morgan fingerprint density at radius 3 is 2.44 bits per heavy atom. The number of anilines is 1. The highest BCUT2D eigenvalue weighted by Gasteiger charge is 2.17. The lowest BCUT2D eigenvalue weighted by atomic mass is 9.86. The third-order valence-electron chi connectivity index (χ3n) is 2.82. The molecule has 2 rings (SSSR count). The van der Waals surface area contributed by atoms with Crippen molar-refractivity contribution in [3.63, 3.8) is 0 Å². The summed E-state index contributed by atoms with van der Waals surface area (Å²) in [5.74, 6) is 0. The molecule has 0 saturated heterocycles. The molecule has 1 aromatic carbocycles. The number of hydrogen-bond acceptors (Lipinski definition) is 2. The SMILES string of the molecule is CC(C)(C)c1ccccc1NCc1ccc(Cl)s1. The summed E-state index contributed by atoms with van der Waals surface area (Å²) in [5, 5.41) is 3.50. The average Bonchev–Trinajstić information content (AvgIpc) is 2.72. The van der Waals surface area contributed by atoms with E-state index in [1.165, 1.54) is 16.1 Å². The summed E-state index contributed by atoms with van der Waals surface area (Å²) < 4.78 is 0.843. The van der Waals surface area contributed by atoms with E-state index in [0.29, 0.717) is 0 Å². The maximum absolute atomic E-state index is 5.94. The van der Waals surface area contributed by atoms with Crippen LogP contribution in [0.2, 0.25) is 4.34 Å². The number of hydrogen-bond donors (Lipinski definition) is 1. The van der Waals surface area contributed by atoms with Crippen LogP contribution >= 0.6 is 22.9 Å². The lowest BCUT2D eigenvalue weighted by Gasteiger charge is -2.23. The summed E-state index contributed by atoms with van der Waals surface area (Å²) >= 11 is 7.56. The number of para-hydroxylation sites is 1. The van der Waals surface area contributed by atoms with Gasteiger partial charge in [-0.05, 0) is 29.2 Å². The van der Waals surface area contributed by atoms with Gasteiger partial charge in [0.25, 0.3) is 0 Å². The molecule has 0 fully saturated rings. The van der Waals surface area contributed by atoms with Gasteiger partial charge in [0.15, 0.2) is 0 Å². The molecule has 0 saturated carbocycles. The lowest BCUT2D eigenvalue weighted by Crippen LogP contribution is -2.14. The molecule has 3 heteroatoms.